The van der Waals surface area contributed by atoms with Gasteiger partial charge in [-0.2, -0.15) is 13.2 Å². The molecule has 1 aliphatic rings. The predicted octanol–water partition coefficient (Wildman–Crippen LogP) is 7.96. The van der Waals surface area contributed by atoms with Crippen LogP contribution in [-0.2, 0) is 19.2 Å². The largest absolute Gasteiger partial charge is 0.507 e. The van der Waals surface area contributed by atoms with Crippen molar-refractivity contribution in [2.45, 2.75) is 37.5 Å². The topological polar surface area (TPSA) is 59.7 Å². The normalized spacial score (nSPS) is 17.0. The van der Waals surface area contributed by atoms with Crippen LogP contribution in [0.1, 0.15) is 51.6 Å². The number of aromatic hydroxyl groups is 1. The van der Waals surface area contributed by atoms with Gasteiger partial charge in [-0.1, -0.05) is 60.7 Å². The summed E-state index contributed by atoms with van der Waals surface area (Å²) in [4.78, 5) is 13.1. The fourth-order valence-electron chi connectivity index (χ4n) is 5.60. The Balaban J connectivity index is 1.24. The van der Waals surface area contributed by atoms with Gasteiger partial charge in [0.15, 0.2) is 0 Å². The van der Waals surface area contributed by atoms with Crippen LogP contribution in [0.3, 0.4) is 0 Å². The minimum atomic E-state index is -4.37. The molecule has 2 unspecified atom stereocenters. The lowest BCUT2D eigenvalue weighted by molar-refractivity contribution is -0.137. The second-order valence-corrected chi connectivity index (χ2v) is 10.1. The Morgan fingerprint density at radius 2 is 1.57 bits per heavy atom. The second kappa shape index (κ2) is 10.2. The first-order valence-electron chi connectivity index (χ1n) is 13.0. The molecule has 0 fully saturated rings. The van der Waals surface area contributed by atoms with E-state index in [-0.39, 0.29) is 29.8 Å². The number of benzene rings is 4. The summed E-state index contributed by atoms with van der Waals surface area (Å²) < 4.78 is 49.8. The van der Waals surface area contributed by atoms with Gasteiger partial charge >= 0.3 is 11.8 Å². The van der Waals surface area contributed by atoms with Crippen LogP contribution < -0.4 is 10.4 Å². The monoisotopic (exact) mass is 542 g/mol. The van der Waals surface area contributed by atoms with E-state index in [0.29, 0.717) is 28.7 Å². The third-order valence-corrected chi connectivity index (χ3v) is 7.62. The lowest BCUT2D eigenvalue weighted by atomic mass is 9.72. The molecular formula is C33H25F3O4. The van der Waals surface area contributed by atoms with Crippen LogP contribution in [0.5, 0.6) is 11.5 Å². The maximum absolute atomic E-state index is 13.1. The van der Waals surface area contributed by atoms with Crippen molar-refractivity contribution in [1.82, 2.24) is 0 Å². The smallest absolute Gasteiger partial charge is 0.416 e. The lowest BCUT2D eigenvalue weighted by Gasteiger charge is -2.32. The molecule has 0 aliphatic heterocycles. The number of hydrogen-bond acceptors (Lipinski definition) is 4. The summed E-state index contributed by atoms with van der Waals surface area (Å²) in [7, 11) is 0. The number of fused-ring (bicyclic) bond motifs is 2. The molecule has 1 aliphatic carbocycles. The molecule has 202 valence electrons. The summed E-state index contributed by atoms with van der Waals surface area (Å²) in [5, 5.41) is 11.7. The Bertz CT molecular complexity index is 1720. The van der Waals surface area contributed by atoms with Crippen molar-refractivity contribution in [3.8, 4) is 11.5 Å². The Morgan fingerprint density at radius 1 is 0.875 bits per heavy atom. The van der Waals surface area contributed by atoms with E-state index in [1.807, 2.05) is 42.5 Å². The summed E-state index contributed by atoms with van der Waals surface area (Å²) in [5.41, 5.74) is 3.20. The van der Waals surface area contributed by atoms with E-state index in [4.69, 9.17) is 9.15 Å². The minimum absolute atomic E-state index is 0.0423. The zero-order valence-electron chi connectivity index (χ0n) is 21.3. The second-order valence-electron chi connectivity index (χ2n) is 10.1. The quantitative estimate of drug-likeness (QED) is 0.229. The van der Waals surface area contributed by atoms with Gasteiger partial charge in [0, 0.05) is 5.92 Å². The number of para-hydroxylation sites is 1. The fourth-order valence-corrected chi connectivity index (χ4v) is 5.60. The summed E-state index contributed by atoms with van der Waals surface area (Å²) >= 11 is 0. The molecule has 0 saturated carbocycles. The van der Waals surface area contributed by atoms with Crippen LogP contribution in [0.2, 0.25) is 0 Å². The van der Waals surface area contributed by atoms with Crippen LogP contribution in [0.15, 0.2) is 106 Å². The van der Waals surface area contributed by atoms with Gasteiger partial charge in [0.2, 0.25) is 0 Å². The van der Waals surface area contributed by atoms with Crippen molar-refractivity contribution >= 4 is 11.0 Å². The molecule has 4 aromatic carbocycles. The predicted molar refractivity (Wildman–Crippen MR) is 146 cm³/mol. The van der Waals surface area contributed by atoms with Crippen LogP contribution >= 0.6 is 0 Å². The van der Waals surface area contributed by atoms with E-state index >= 15 is 0 Å². The SMILES string of the molecule is O=c1oc2ccccc2c(O)c1C1CC(c2ccc(OCc3ccc(C(F)(F)F)cc3)cc2)Cc2ccccc21. The van der Waals surface area contributed by atoms with Crippen molar-refractivity contribution in [3.63, 3.8) is 0 Å². The van der Waals surface area contributed by atoms with Gasteiger partial charge in [0.1, 0.15) is 23.7 Å². The van der Waals surface area contributed by atoms with Gasteiger partial charge in [-0.05, 0) is 77.4 Å². The molecule has 4 nitrogen and oxygen atoms in total. The van der Waals surface area contributed by atoms with Gasteiger partial charge in [-0.15, -0.1) is 0 Å². The average molecular weight is 543 g/mol. The average Bonchev–Trinajstić information content (AvgIpc) is 2.96. The third kappa shape index (κ3) is 4.95. The van der Waals surface area contributed by atoms with Crippen LogP contribution in [0.4, 0.5) is 13.2 Å². The molecule has 0 spiro atoms. The molecule has 1 N–H and O–H groups in total. The van der Waals surface area contributed by atoms with E-state index < -0.39 is 17.4 Å². The first kappa shape index (κ1) is 25.7. The minimum Gasteiger partial charge on any atom is -0.507 e. The zero-order chi connectivity index (χ0) is 27.9. The molecule has 40 heavy (non-hydrogen) atoms. The number of ether oxygens (including phenoxy) is 1. The number of alkyl halides is 3. The Morgan fingerprint density at radius 3 is 2.33 bits per heavy atom. The molecule has 7 heteroatoms. The van der Waals surface area contributed by atoms with Crippen molar-refractivity contribution in [1.29, 1.82) is 0 Å². The molecule has 5 aromatic rings. The van der Waals surface area contributed by atoms with E-state index in [1.54, 1.807) is 24.3 Å². The van der Waals surface area contributed by atoms with E-state index in [9.17, 15) is 23.1 Å². The van der Waals surface area contributed by atoms with Gasteiger partial charge in [-0.25, -0.2) is 4.79 Å². The molecule has 6 rings (SSSR count). The highest BCUT2D eigenvalue weighted by Crippen LogP contribution is 2.45. The molecule has 0 bridgehead atoms. The van der Waals surface area contributed by atoms with Gasteiger partial charge in [0.25, 0.3) is 0 Å². The van der Waals surface area contributed by atoms with Crippen molar-refractivity contribution < 1.29 is 27.4 Å². The Labute approximate surface area is 228 Å². The number of rotatable bonds is 5. The highest BCUT2D eigenvalue weighted by Gasteiger charge is 2.33. The van der Waals surface area contributed by atoms with Gasteiger partial charge in [-0.3, -0.25) is 0 Å². The van der Waals surface area contributed by atoms with Crippen LogP contribution in [0, 0.1) is 0 Å². The highest BCUT2D eigenvalue weighted by atomic mass is 19.4. The summed E-state index contributed by atoms with van der Waals surface area (Å²) in [6, 6.07) is 27.5. The highest BCUT2D eigenvalue weighted by molar-refractivity contribution is 5.84. The molecular weight excluding hydrogens is 517 g/mol. The fraction of sp³-hybridized carbons (Fsp3) is 0.182. The maximum Gasteiger partial charge on any atom is 0.416 e. The number of hydrogen-bond donors (Lipinski definition) is 1. The van der Waals surface area contributed by atoms with Gasteiger partial charge in [0.05, 0.1) is 16.5 Å². The lowest BCUT2D eigenvalue weighted by Crippen LogP contribution is -2.23. The van der Waals surface area contributed by atoms with Crippen molar-refractivity contribution in [2.24, 2.45) is 0 Å². The van der Waals surface area contributed by atoms with E-state index in [0.717, 1.165) is 35.2 Å². The first-order chi connectivity index (χ1) is 19.3. The van der Waals surface area contributed by atoms with Crippen molar-refractivity contribution in [3.05, 3.63) is 141 Å². The molecule has 0 radical (unpaired) electrons. The summed E-state index contributed by atoms with van der Waals surface area (Å²) in [6.45, 7) is 0.146. The molecule has 0 amide bonds. The standard InChI is InChI=1S/C33H25F3O4/c34-33(35,36)24-13-9-20(10-14-24)19-39-25-15-11-21(12-16-25)23-17-22-5-1-2-6-26(22)28(18-23)30-31(37)27-7-3-4-8-29(27)40-32(30)38/h1-16,23,28,37H,17-19H2. The third-order valence-electron chi connectivity index (χ3n) is 7.62. The summed E-state index contributed by atoms with van der Waals surface area (Å²) in [6.07, 6.45) is -2.98. The van der Waals surface area contributed by atoms with Gasteiger partial charge < -0.3 is 14.3 Å². The van der Waals surface area contributed by atoms with Crippen LogP contribution in [0.25, 0.3) is 11.0 Å². The van der Waals surface area contributed by atoms with Crippen LogP contribution in [-0.4, -0.2) is 5.11 Å². The number of halogens is 3. The van der Waals surface area contributed by atoms with Crippen molar-refractivity contribution in [2.75, 3.05) is 0 Å². The molecule has 0 saturated heterocycles. The Hall–Kier alpha value is -4.52. The van der Waals surface area contributed by atoms with E-state index in [2.05, 4.69) is 6.07 Å². The maximum atomic E-state index is 13.1. The molecule has 1 aromatic heterocycles. The molecule has 2 atom stereocenters. The van der Waals surface area contributed by atoms with E-state index in [1.165, 1.54) is 12.1 Å². The zero-order valence-corrected chi connectivity index (χ0v) is 21.3. The first-order valence-corrected chi connectivity index (χ1v) is 13.0. The molecule has 1 heterocycles. The Kier molecular flexibility index (Phi) is 6.58. The summed E-state index contributed by atoms with van der Waals surface area (Å²) in [5.74, 6) is 0.295.